The Hall–Kier alpha value is -1.04. The van der Waals surface area contributed by atoms with E-state index in [9.17, 15) is 0 Å². The zero-order valence-corrected chi connectivity index (χ0v) is 9.05. The molecule has 0 aromatic heterocycles. The molecule has 1 atom stereocenters. The normalized spacial score (nSPS) is 12.6. The van der Waals surface area contributed by atoms with Crippen LogP contribution in [0.25, 0.3) is 0 Å². The summed E-state index contributed by atoms with van der Waals surface area (Å²) in [6.07, 6.45) is 0. The number of nitrogens with zero attached hydrogens (tertiary/aromatic N) is 1. The predicted octanol–water partition coefficient (Wildman–Crippen LogP) is 2.87. The van der Waals surface area contributed by atoms with Gasteiger partial charge in [0.25, 0.3) is 0 Å². The lowest BCUT2D eigenvalue weighted by Gasteiger charge is -2.17. The molecule has 0 saturated carbocycles. The Bertz CT molecular complexity index is 366. The van der Waals surface area contributed by atoms with E-state index in [1.807, 2.05) is 13.8 Å². The van der Waals surface area contributed by atoms with Gasteiger partial charge < -0.3 is 5.73 Å². The Morgan fingerprint density at radius 3 is 2.57 bits per heavy atom. The maximum Gasteiger partial charge on any atom is 0.0995 e. The van der Waals surface area contributed by atoms with Gasteiger partial charge in [-0.15, -0.1) is 0 Å². The second-order valence-corrected chi connectivity index (χ2v) is 4.05. The van der Waals surface area contributed by atoms with Crippen molar-refractivity contribution < 1.29 is 0 Å². The molecule has 0 radical (unpaired) electrons. The van der Waals surface area contributed by atoms with E-state index in [0.29, 0.717) is 16.5 Å². The number of hydrogen-bond acceptors (Lipinski definition) is 2. The maximum absolute atomic E-state index is 8.89. The third-order valence-corrected chi connectivity index (χ3v) is 2.45. The first-order valence-electron chi connectivity index (χ1n) is 4.51. The van der Waals surface area contributed by atoms with E-state index in [1.165, 1.54) is 0 Å². The molecule has 0 saturated heterocycles. The molecule has 1 rings (SSSR count). The first kappa shape index (κ1) is 11.0. The molecule has 3 heteroatoms. The molecule has 0 aliphatic carbocycles. The van der Waals surface area contributed by atoms with Gasteiger partial charge in [0.05, 0.1) is 11.6 Å². The largest absolute Gasteiger partial charge is 0.324 e. The second-order valence-electron chi connectivity index (χ2n) is 3.61. The summed E-state index contributed by atoms with van der Waals surface area (Å²) in [5, 5.41) is 9.51. The molecule has 2 N–H and O–H groups in total. The molecule has 1 aromatic rings. The predicted molar refractivity (Wildman–Crippen MR) is 57.9 cm³/mol. The molecule has 0 aliphatic heterocycles. The van der Waals surface area contributed by atoms with Crippen molar-refractivity contribution in [1.29, 1.82) is 5.26 Å². The molecular formula is C11H13ClN2. The molecule has 0 aliphatic rings. The van der Waals surface area contributed by atoms with E-state index in [-0.39, 0.29) is 6.04 Å². The smallest absolute Gasteiger partial charge is 0.0995 e. The molecule has 0 heterocycles. The second kappa shape index (κ2) is 4.45. The van der Waals surface area contributed by atoms with Crippen molar-refractivity contribution in [2.75, 3.05) is 0 Å². The van der Waals surface area contributed by atoms with Crippen LogP contribution in [0.3, 0.4) is 0 Å². The molecule has 14 heavy (non-hydrogen) atoms. The molecule has 0 amide bonds. The number of nitrogens with two attached hydrogens (primary N) is 1. The Balaban J connectivity index is 3.18. The number of rotatable bonds is 2. The van der Waals surface area contributed by atoms with Crippen molar-refractivity contribution in [3.8, 4) is 6.07 Å². The van der Waals surface area contributed by atoms with Crippen LogP contribution in [0.2, 0.25) is 5.02 Å². The van der Waals surface area contributed by atoms with Crippen LogP contribution in [0.4, 0.5) is 0 Å². The van der Waals surface area contributed by atoms with Gasteiger partial charge in [0.1, 0.15) is 0 Å². The van der Waals surface area contributed by atoms with Gasteiger partial charge in [-0.25, -0.2) is 0 Å². The first-order valence-corrected chi connectivity index (χ1v) is 4.89. The highest BCUT2D eigenvalue weighted by Crippen LogP contribution is 2.25. The Labute approximate surface area is 89.3 Å². The van der Waals surface area contributed by atoms with Crippen molar-refractivity contribution in [2.24, 2.45) is 11.7 Å². The van der Waals surface area contributed by atoms with Gasteiger partial charge in [-0.1, -0.05) is 25.4 Å². The van der Waals surface area contributed by atoms with Crippen LogP contribution in [0.1, 0.15) is 31.0 Å². The van der Waals surface area contributed by atoms with Crippen LogP contribution in [0.5, 0.6) is 0 Å². The summed E-state index contributed by atoms with van der Waals surface area (Å²) < 4.78 is 0. The van der Waals surface area contributed by atoms with E-state index in [2.05, 4.69) is 6.07 Å². The van der Waals surface area contributed by atoms with Crippen molar-refractivity contribution in [1.82, 2.24) is 0 Å². The van der Waals surface area contributed by atoms with Crippen LogP contribution in [-0.2, 0) is 0 Å². The van der Waals surface area contributed by atoms with Crippen LogP contribution in [0.15, 0.2) is 18.2 Å². The summed E-state index contributed by atoms with van der Waals surface area (Å²) in [4.78, 5) is 0. The minimum atomic E-state index is -0.136. The van der Waals surface area contributed by atoms with Crippen molar-refractivity contribution >= 4 is 11.6 Å². The molecule has 74 valence electrons. The Morgan fingerprint density at radius 2 is 2.07 bits per heavy atom. The molecule has 1 unspecified atom stereocenters. The average Bonchev–Trinajstić information content (AvgIpc) is 2.16. The van der Waals surface area contributed by atoms with Crippen molar-refractivity contribution in [3.05, 3.63) is 34.3 Å². The van der Waals surface area contributed by atoms with Crippen LogP contribution < -0.4 is 5.73 Å². The quantitative estimate of drug-likeness (QED) is 0.813. The van der Waals surface area contributed by atoms with Crippen LogP contribution in [-0.4, -0.2) is 0 Å². The summed E-state index contributed by atoms with van der Waals surface area (Å²) in [5.74, 6) is 0.292. The minimum absolute atomic E-state index is 0.136. The maximum atomic E-state index is 8.89. The molecule has 0 spiro atoms. The Morgan fingerprint density at radius 1 is 1.43 bits per heavy atom. The SMILES string of the molecule is CC(C)C(N)c1cc(Cl)ccc1C#N. The highest BCUT2D eigenvalue weighted by Gasteiger charge is 2.14. The lowest BCUT2D eigenvalue weighted by Crippen LogP contribution is -2.17. The van der Waals surface area contributed by atoms with Gasteiger partial charge in [0.2, 0.25) is 0 Å². The summed E-state index contributed by atoms with van der Waals surface area (Å²) in [7, 11) is 0. The average molecular weight is 209 g/mol. The number of hydrogen-bond donors (Lipinski definition) is 1. The number of halogens is 1. The van der Waals surface area contributed by atoms with E-state index >= 15 is 0 Å². The van der Waals surface area contributed by atoms with E-state index in [4.69, 9.17) is 22.6 Å². The third-order valence-electron chi connectivity index (χ3n) is 2.21. The monoisotopic (exact) mass is 208 g/mol. The van der Waals surface area contributed by atoms with E-state index < -0.39 is 0 Å². The Kier molecular flexibility index (Phi) is 3.51. The molecule has 0 bridgehead atoms. The standard InChI is InChI=1S/C11H13ClN2/c1-7(2)11(14)10-5-9(12)4-3-8(10)6-13/h3-5,7,11H,14H2,1-2H3. The fourth-order valence-electron chi connectivity index (χ4n) is 1.27. The lowest BCUT2D eigenvalue weighted by atomic mass is 9.93. The molecule has 1 aromatic carbocycles. The summed E-state index contributed by atoms with van der Waals surface area (Å²) in [6.45, 7) is 4.04. The summed E-state index contributed by atoms with van der Waals surface area (Å²) in [5.41, 5.74) is 7.41. The topological polar surface area (TPSA) is 49.8 Å². The zero-order chi connectivity index (χ0) is 10.7. The van der Waals surface area contributed by atoms with Gasteiger partial charge in [0, 0.05) is 11.1 Å². The van der Waals surface area contributed by atoms with E-state index in [1.54, 1.807) is 18.2 Å². The third kappa shape index (κ3) is 2.25. The molecule has 0 fully saturated rings. The van der Waals surface area contributed by atoms with Crippen LogP contribution >= 0.6 is 11.6 Å². The fraction of sp³-hybridized carbons (Fsp3) is 0.364. The first-order chi connectivity index (χ1) is 6.56. The lowest BCUT2D eigenvalue weighted by molar-refractivity contribution is 0.513. The fourth-order valence-corrected chi connectivity index (χ4v) is 1.45. The highest BCUT2D eigenvalue weighted by atomic mass is 35.5. The van der Waals surface area contributed by atoms with Gasteiger partial charge in [-0.3, -0.25) is 0 Å². The minimum Gasteiger partial charge on any atom is -0.324 e. The summed E-state index contributed by atoms with van der Waals surface area (Å²) >= 11 is 5.86. The van der Waals surface area contributed by atoms with Gasteiger partial charge in [-0.05, 0) is 29.7 Å². The summed E-state index contributed by atoms with van der Waals surface area (Å²) in [6, 6.07) is 7.17. The van der Waals surface area contributed by atoms with Crippen LogP contribution in [0, 0.1) is 17.2 Å². The molecular weight excluding hydrogens is 196 g/mol. The highest BCUT2D eigenvalue weighted by molar-refractivity contribution is 6.30. The number of nitriles is 1. The zero-order valence-electron chi connectivity index (χ0n) is 8.29. The number of benzene rings is 1. The van der Waals surface area contributed by atoms with Gasteiger partial charge in [0.15, 0.2) is 0 Å². The molecule has 2 nitrogen and oxygen atoms in total. The van der Waals surface area contributed by atoms with E-state index in [0.717, 1.165) is 5.56 Å². The van der Waals surface area contributed by atoms with Crippen molar-refractivity contribution in [2.45, 2.75) is 19.9 Å². The van der Waals surface area contributed by atoms with Crippen molar-refractivity contribution in [3.63, 3.8) is 0 Å². The van der Waals surface area contributed by atoms with Gasteiger partial charge >= 0.3 is 0 Å². The van der Waals surface area contributed by atoms with Gasteiger partial charge in [-0.2, -0.15) is 5.26 Å².